The first-order chi connectivity index (χ1) is 29.8. The molecule has 0 bridgehead atoms. The molecule has 8 N–H and O–H groups in total. The van der Waals surface area contributed by atoms with E-state index < -0.39 is 5.91 Å². The van der Waals surface area contributed by atoms with E-state index in [1.54, 1.807) is 29.7 Å². The average Bonchev–Trinajstić information content (AvgIpc) is 3.86. The quantitative estimate of drug-likeness (QED) is 0.0100. The van der Waals surface area contributed by atoms with Crippen molar-refractivity contribution in [1.29, 1.82) is 0 Å². The second kappa shape index (κ2) is 25.1. The van der Waals surface area contributed by atoms with Gasteiger partial charge < -0.3 is 31.2 Å². The second-order valence-corrected chi connectivity index (χ2v) is 17.1. The standard InChI is InChI=1S/C49H66N6O5S/c1-2-3-4-5-7-10-14-28-54(29-15-11-8-6-9-12-26-50)49(58)37-22-20-36(21-23-37)43-32-38-24-25-39(33-44(38)55(43)30-16-13-27-51)47(53-60)45-34-41(35-46(57)52-59)48(61-45)40-18-17-19-42(56)31-40/h17-25,31-34,56,59-60H,2-16,26-30,35,50-51H2,1H3,(H,52,57)/b53-47+. The summed E-state index contributed by atoms with van der Waals surface area (Å²) in [6.07, 6.45) is 16.8. The molecule has 2 amide bonds. The summed E-state index contributed by atoms with van der Waals surface area (Å²) in [6.45, 7) is 5.83. The van der Waals surface area contributed by atoms with Gasteiger partial charge in [-0.05, 0) is 104 Å². The van der Waals surface area contributed by atoms with Crippen LogP contribution in [-0.2, 0) is 17.8 Å². The molecule has 5 rings (SSSR count). The van der Waals surface area contributed by atoms with Crippen LogP contribution in [0.1, 0.15) is 130 Å². The Bertz CT molecular complexity index is 2140. The molecule has 0 saturated carbocycles. The van der Waals surface area contributed by atoms with Crippen LogP contribution in [0.5, 0.6) is 5.75 Å². The fourth-order valence-corrected chi connectivity index (χ4v) is 9.20. The highest BCUT2D eigenvalue weighted by atomic mass is 32.1. The Balaban J connectivity index is 1.40. The van der Waals surface area contributed by atoms with E-state index in [0.29, 0.717) is 50.8 Å². The van der Waals surface area contributed by atoms with Crippen LogP contribution in [0.2, 0.25) is 0 Å². The Hall–Kier alpha value is -5.01. The number of aryl methyl sites for hydroxylation is 1. The molecule has 0 aliphatic heterocycles. The van der Waals surface area contributed by atoms with Gasteiger partial charge in [-0.1, -0.05) is 113 Å². The molecule has 328 valence electrons. The number of nitrogens with one attached hydrogen (secondary N) is 1. The topological polar surface area (TPSA) is 179 Å². The normalized spacial score (nSPS) is 11.7. The van der Waals surface area contributed by atoms with Gasteiger partial charge >= 0.3 is 0 Å². The first-order valence-corrected chi connectivity index (χ1v) is 23.1. The molecule has 0 saturated heterocycles. The summed E-state index contributed by atoms with van der Waals surface area (Å²) >= 11 is 1.33. The lowest BCUT2D eigenvalue weighted by Gasteiger charge is -2.23. The van der Waals surface area contributed by atoms with Gasteiger partial charge in [-0.2, -0.15) is 0 Å². The molecule has 11 nitrogen and oxygen atoms in total. The van der Waals surface area contributed by atoms with Crippen molar-refractivity contribution in [2.45, 2.75) is 116 Å². The lowest BCUT2D eigenvalue weighted by molar-refractivity contribution is -0.128. The molecule has 0 atom stereocenters. The van der Waals surface area contributed by atoms with Gasteiger partial charge in [0, 0.05) is 52.2 Å². The third-order valence-corrected chi connectivity index (χ3v) is 12.6. The molecule has 0 fully saturated rings. The van der Waals surface area contributed by atoms with Crippen molar-refractivity contribution < 1.29 is 25.1 Å². The van der Waals surface area contributed by atoms with E-state index in [-0.39, 0.29) is 18.1 Å². The fourth-order valence-electron chi connectivity index (χ4n) is 8.02. The van der Waals surface area contributed by atoms with Crippen molar-refractivity contribution >= 4 is 39.8 Å². The highest BCUT2D eigenvalue weighted by Crippen LogP contribution is 2.37. The zero-order chi connectivity index (χ0) is 43.4. The van der Waals surface area contributed by atoms with Gasteiger partial charge in [0.1, 0.15) is 11.5 Å². The second-order valence-electron chi connectivity index (χ2n) is 16.0. The van der Waals surface area contributed by atoms with E-state index in [1.165, 1.54) is 62.7 Å². The number of nitrogens with zero attached hydrogens (tertiary/aromatic N) is 3. The van der Waals surface area contributed by atoms with Gasteiger partial charge in [-0.25, -0.2) is 5.48 Å². The Morgan fingerprint density at radius 3 is 2.02 bits per heavy atom. The monoisotopic (exact) mass is 850 g/mol. The number of oxime groups is 1. The minimum Gasteiger partial charge on any atom is -0.508 e. The smallest absolute Gasteiger partial charge is 0.253 e. The number of aromatic nitrogens is 1. The number of carbonyl (C=O) groups excluding carboxylic acids is 2. The van der Waals surface area contributed by atoms with Crippen molar-refractivity contribution in [3.05, 3.63) is 100 Å². The van der Waals surface area contributed by atoms with E-state index in [2.05, 4.69) is 27.6 Å². The summed E-state index contributed by atoms with van der Waals surface area (Å²) < 4.78 is 2.27. The third kappa shape index (κ3) is 13.5. The maximum atomic E-state index is 14.0. The lowest BCUT2D eigenvalue weighted by Crippen LogP contribution is -2.33. The molecule has 2 aromatic heterocycles. The summed E-state index contributed by atoms with van der Waals surface area (Å²) in [5, 5.41) is 34.7. The first kappa shape index (κ1) is 47.0. The number of aromatic hydroxyl groups is 1. The zero-order valence-electron chi connectivity index (χ0n) is 35.9. The molecule has 5 aromatic rings. The van der Waals surface area contributed by atoms with Gasteiger partial charge in [0.25, 0.3) is 5.91 Å². The molecule has 12 heteroatoms. The Morgan fingerprint density at radius 1 is 0.738 bits per heavy atom. The van der Waals surface area contributed by atoms with Crippen LogP contribution in [-0.4, -0.2) is 68.7 Å². The maximum Gasteiger partial charge on any atom is 0.253 e. The van der Waals surface area contributed by atoms with Crippen LogP contribution in [0.3, 0.4) is 0 Å². The minimum absolute atomic E-state index is 0.0792. The number of nitrogens with two attached hydrogens (primary N) is 2. The van der Waals surface area contributed by atoms with Crippen molar-refractivity contribution in [2.24, 2.45) is 16.6 Å². The molecular formula is C49H66N6O5S. The molecule has 0 aliphatic rings. The fraction of sp³-hybridized carbons (Fsp3) is 0.449. The number of phenols is 1. The van der Waals surface area contributed by atoms with E-state index in [9.17, 15) is 25.1 Å². The van der Waals surface area contributed by atoms with E-state index >= 15 is 0 Å². The third-order valence-electron chi connectivity index (χ3n) is 11.4. The number of unbranched alkanes of at least 4 members (excludes halogenated alkanes) is 12. The highest BCUT2D eigenvalue weighted by molar-refractivity contribution is 7.17. The summed E-state index contributed by atoms with van der Waals surface area (Å²) in [7, 11) is 0. The predicted octanol–water partition coefficient (Wildman–Crippen LogP) is 10.2. The summed E-state index contributed by atoms with van der Waals surface area (Å²) in [6, 6.07) is 24.6. The number of fused-ring (bicyclic) bond motifs is 1. The number of rotatable bonds is 27. The maximum absolute atomic E-state index is 14.0. The molecule has 0 unspecified atom stereocenters. The molecular weight excluding hydrogens is 785 g/mol. The highest BCUT2D eigenvalue weighted by Gasteiger charge is 2.21. The van der Waals surface area contributed by atoms with Gasteiger partial charge in [0.05, 0.1) is 11.3 Å². The number of hydrogen-bond donors (Lipinski definition) is 6. The van der Waals surface area contributed by atoms with Crippen molar-refractivity contribution in [2.75, 3.05) is 26.2 Å². The van der Waals surface area contributed by atoms with Crippen LogP contribution in [0, 0.1) is 0 Å². The zero-order valence-corrected chi connectivity index (χ0v) is 36.7. The lowest BCUT2D eigenvalue weighted by atomic mass is 10.0. The molecule has 0 aliphatic carbocycles. The molecule has 0 spiro atoms. The minimum atomic E-state index is -0.587. The van der Waals surface area contributed by atoms with Gasteiger partial charge in [-0.15, -0.1) is 11.3 Å². The van der Waals surface area contributed by atoms with Gasteiger partial charge in [-0.3, -0.25) is 14.8 Å². The van der Waals surface area contributed by atoms with Crippen LogP contribution in [0.25, 0.3) is 32.6 Å². The number of hydroxylamine groups is 1. The Kier molecular flexibility index (Phi) is 19.3. The van der Waals surface area contributed by atoms with Crippen molar-refractivity contribution in [3.8, 4) is 27.4 Å². The van der Waals surface area contributed by atoms with Crippen molar-refractivity contribution in [3.63, 3.8) is 0 Å². The van der Waals surface area contributed by atoms with Crippen LogP contribution < -0.4 is 16.9 Å². The van der Waals surface area contributed by atoms with Crippen LogP contribution >= 0.6 is 11.3 Å². The summed E-state index contributed by atoms with van der Waals surface area (Å²) in [5.41, 5.74) is 19.3. The van der Waals surface area contributed by atoms with E-state index in [4.69, 9.17) is 11.5 Å². The molecule has 2 heterocycles. The molecule has 3 aromatic carbocycles. The number of phenolic OH excluding ortho intramolecular Hbond substituents is 1. The average molecular weight is 851 g/mol. The van der Waals surface area contributed by atoms with E-state index in [0.717, 1.165) is 86.7 Å². The van der Waals surface area contributed by atoms with Crippen LogP contribution in [0.4, 0.5) is 0 Å². The predicted molar refractivity (Wildman–Crippen MR) is 249 cm³/mol. The van der Waals surface area contributed by atoms with Crippen molar-refractivity contribution in [1.82, 2.24) is 14.9 Å². The first-order valence-electron chi connectivity index (χ1n) is 22.3. The van der Waals surface area contributed by atoms with E-state index in [1.807, 2.05) is 48.5 Å². The molecule has 61 heavy (non-hydrogen) atoms. The number of thiophene rings is 1. The SMILES string of the molecule is CCCCCCCCCN(CCCCCCCCN)C(=O)c1ccc(-c2cc3ccc(/C(=N\O)c4cc(CC(=O)NO)c(-c5cccc(O)c5)s4)cc3n2CCCCN)cc1. The Labute approximate surface area is 365 Å². The summed E-state index contributed by atoms with van der Waals surface area (Å²) in [5.74, 6) is -0.419. The number of carbonyl (C=O) groups is 2. The molecule has 0 radical (unpaired) electrons. The van der Waals surface area contributed by atoms with Crippen LogP contribution in [0.15, 0.2) is 84.0 Å². The summed E-state index contributed by atoms with van der Waals surface area (Å²) in [4.78, 5) is 29.7. The van der Waals surface area contributed by atoms with Gasteiger partial charge in [0.15, 0.2) is 0 Å². The number of benzene rings is 3. The Morgan fingerprint density at radius 2 is 1.38 bits per heavy atom. The van der Waals surface area contributed by atoms with Gasteiger partial charge in [0.2, 0.25) is 5.91 Å². The number of amides is 2. The number of hydrogen-bond acceptors (Lipinski definition) is 9. The largest absolute Gasteiger partial charge is 0.508 e.